The molecule has 0 aromatic heterocycles. The molecule has 2 aromatic rings. The highest BCUT2D eigenvalue weighted by atomic mass is 32.1. The second-order valence-corrected chi connectivity index (χ2v) is 7.34. The summed E-state index contributed by atoms with van der Waals surface area (Å²) < 4.78 is 5.59. The number of anilines is 1. The molecule has 2 aromatic carbocycles. The minimum Gasteiger partial charge on any atom is -0.484 e. The smallest absolute Gasteiger partial charge is 0.262 e. The van der Waals surface area contributed by atoms with Crippen molar-refractivity contribution >= 4 is 34.7 Å². The maximum Gasteiger partial charge on any atom is 0.262 e. The number of thiocarbonyl (C=S) groups is 1. The maximum absolute atomic E-state index is 12.3. The first kappa shape index (κ1) is 21.5. The quantitative estimate of drug-likeness (QED) is 0.660. The number of hydrogen-bond acceptors (Lipinski definition) is 4. The third kappa shape index (κ3) is 4.86. The van der Waals surface area contributed by atoms with Crippen molar-refractivity contribution in [3.05, 3.63) is 71.4 Å². The van der Waals surface area contributed by atoms with Gasteiger partial charge in [-0.1, -0.05) is 30.3 Å². The van der Waals surface area contributed by atoms with E-state index in [1.54, 1.807) is 19.1 Å². The topological polar surface area (TPSA) is 70.7 Å². The van der Waals surface area contributed by atoms with Gasteiger partial charge in [0.15, 0.2) is 17.5 Å². The van der Waals surface area contributed by atoms with E-state index in [0.29, 0.717) is 23.0 Å². The van der Waals surface area contributed by atoms with Gasteiger partial charge in [0.2, 0.25) is 0 Å². The zero-order chi connectivity index (χ0) is 21.7. The van der Waals surface area contributed by atoms with Crippen molar-refractivity contribution in [3.63, 3.8) is 0 Å². The van der Waals surface area contributed by atoms with Crippen LogP contribution < -0.4 is 15.4 Å². The van der Waals surface area contributed by atoms with E-state index < -0.39 is 0 Å². The van der Waals surface area contributed by atoms with Gasteiger partial charge in [0.1, 0.15) is 5.75 Å². The molecule has 0 spiro atoms. The van der Waals surface area contributed by atoms with Crippen LogP contribution >= 0.6 is 12.2 Å². The Morgan fingerprint density at radius 2 is 1.80 bits per heavy atom. The fraction of sp³-hybridized carbons (Fsp3) is 0.261. The predicted molar refractivity (Wildman–Crippen MR) is 121 cm³/mol. The normalized spacial score (nSPS) is 16.2. The minimum absolute atomic E-state index is 0.00357. The highest BCUT2D eigenvalue weighted by Crippen LogP contribution is 2.31. The van der Waals surface area contributed by atoms with E-state index in [9.17, 15) is 9.59 Å². The standard InChI is InChI=1S/C23H25N3O3S/c1-4-26-15(2)21(16(3)27)22(25-23(26)30)17-10-12-19(13-11-17)29-14-20(28)24-18-8-6-5-7-9-18/h5-13,22H,4,14H2,1-3H3,(H,24,28)(H,25,30). The Kier molecular flexibility index (Phi) is 6.84. The Labute approximate surface area is 181 Å². The van der Waals surface area contributed by atoms with Crippen LogP contribution in [0.15, 0.2) is 65.9 Å². The summed E-state index contributed by atoms with van der Waals surface area (Å²) in [4.78, 5) is 26.3. The highest BCUT2D eigenvalue weighted by molar-refractivity contribution is 7.80. The fourth-order valence-corrected chi connectivity index (χ4v) is 3.88. The first-order valence-electron chi connectivity index (χ1n) is 9.78. The first-order valence-corrected chi connectivity index (χ1v) is 10.2. The third-order valence-electron chi connectivity index (χ3n) is 4.93. The Morgan fingerprint density at radius 3 is 2.40 bits per heavy atom. The molecule has 0 saturated heterocycles. The van der Waals surface area contributed by atoms with Crippen LogP contribution in [0.25, 0.3) is 0 Å². The molecule has 7 heteroatoms. The molecular weight excluding hydrogens is 398 g/mol. The molecule has 156 valence electrons. The highest BCUT2D eigenvalue weighted by Gasteiger charge is 2.31. The van der Waals surface area contributed by atoms with E-state index in [2.05, 4.69) is 10.6 Å². The van der Waals surface area contributed by atoms with Crippen molar-refractivity contribution in [2.24, 2.45) is 0 Å². The van der Waals surface area contributed by atoms with E-state index in [-0.39, 0.29) is 24.3 Å². The first-order chi connectivity index (χ1) is 14.4. The molecule has 1 aliphatic heterocycles. The lowest BCUT2D eigenvalue weighted by atomic mass is 9.92. The maximum atomic E-state index is 12.3. The number of ketones is 1. The SMILES string of the molecule is CCN1C(=S)NC(c2ccc(OCC(=O)Nc3ccccc3)cc2)C(C(C)=O)=C1C. The van der Waals surface area contributed by atoms with E-state index in [4.69, 9.17) is 17.0 Å². The molecule has 30 heavy (non-hydrogen) atoms. The summed E-state index contributed by atoms with van der Waals surface area (Å²) >= 11 is 5.47. The van der Waals surface area contributed by atoms with Crippen molar-refractivity contribution in [1.82, 2.24) is 10.2 Å². The van der Waals surface area contributed by atoms with E-state index in [0.717, 1.165) is 16.9 Å². The second-order valence-electron chi connectivity index (χ2n) is 6.95. The molecule has 0 radical (unpaired) electrons. The Hall–Kier alpha value is -3.19. The molecule has 1 amide bonds. The van der Waals surface area contributed by atoms with E-state index in [1.165, 1.54) is 0 Å². The van der Waals surface area contributed by atoms with Crippen LogP contribution in [0.4, 0.5) is 5.69 Å². The van der Waals surface area contributed by atoms with Crippen LogP contribution in [0.3, 0.4) is 0 Å². The lowest BCUT2D eigenvalue weighted by molar-refractivity contribution is -0.118. The molecule has 6 nitrogen and oxygen atoms in total. The van der Waals surface area contributed by atoms with Crippen LogP contribution in [0, 0.1) is 0 Å². The molecule has 0 fully saturated rings. The summed E-state index contributed by atoms with van der Waals surface area (Å²) in [6.45, 7) is 6.08. The van der Waals surface area contributed by atoms with Gasteiger partial charge >= 0.3 is 0 Å². The van der Waals surface area contributed by atoms with Crippen LogP contribution in [-0.2, 0) is 9.59 Å². The molecule has 0 aliphatic carbocycles. The summed E-state index contributed by atoms with van der Waals surface area (Å²) in [6.07, 6.45) is 0. The van der Waals surface area contributed by atoms with E-state index in [1.807, 2.05) is 61.2 Å². The second kappa shape index (κ2) is 9.54. The number of nitrogens with one attached hydrogen (secondary N) is 2. The zero-order valence-corrected chi connectivity index (χ0v) is 18.1. The average Bonchev–Trinajstić information content (AvgIpc) is 2.73. The van der Waals surface area contributed by atoms with Crippen molar-refractivity contribution in [2.75, 3.05) is 18.5 Å². The molecule has 1 unspecified atom stereocenters. The van der Waals surface area contributed by atoms with Crippen molar-refractivity contribution in [3.8, 4) is 5.75 Å². The number of carbonyl (C=O) groups excluding carboxylic acids is 2. The van der Waals surface area contributed by atoms with Gasteiger partial charge < -0.3 is 20.3 Å². The number of amides is 1. The number of benzene rings is 2. The lowest BCUT2D eigenvalue weighted by Gasteiger charge is -2.37. The summed E-state index contributed by atoms with van der Waals surface area (Å²) in [5, 5.41) is 6.64. The molecule has 0 bridgehead atoms. The minimum atomic E-state index is -0.312. The molecule has 1 aliphatic rings. The van der Waals surface area contributed by atoms with Gasteiger partial charge in [-0.05, 0) is 62.8 Å². The summed E-state index contributed by atoms with van der Waals surface area (Å²) in [6, 6.07) is 16.2. The largest absolute Gasteiger partial charge is 0.484 e. The van der Waals surface area contributed by atoms with Gasteiger partial charge in [0.05, 0.1) is 6.04 Å². The lowest BCUT2D eigenvalue weighted by Crippen LogP contribution is -2.47. The number of allylic oxidation sites excluding steroid dienone is 1. The van der Waals surface area contributed by atoms with Gasteiger partial charge in [0, 0.05) is 23.5 Å². The number of hydrogen-bond donors (Lipinski definition) is 2. The number of ether oxygens (including phenoxy) is 1. The van der Waals surface area contributed by atoms with Crippen molar-refractivity contribution < 1.29 is 14.3 Å². The third-order valence-corrected chi connectivity index (χ3v) is 5.27. The molecule has 2 N–H and O–H groups in total. The van der Waals surface area contributed by atoms with Gasteiger partial charge in [-0.3, -0.25) is 9.59 Å². The summed E-state index contributed by atoms with van der Waals surface area (Å²) in [7, 11) is 0. The van der Waals surface area contributed by atoms with E-state index >= 15 is 0 Å². The van der Waals surface area contributed by atoms with Crippen LogP contribution in [0.1, 0.15) is 32.4 Å². The van der Waals surface area contributed by atoms with Crippen LogP contribution in [0.5, 0.6) is 5.75 Å². The number of para-hydroxylation sites is 1. The zero-order valence-electron chi connectivity index (χ0n) is 17.3. The Balaban J connectivity index is 1.69. The van der Waals surface area contributed by atoms with Crippen LogP contribution in [0.2, 0.25) is 0 Å². The van der Waals surface area contributed by atoms with Gasteiger partial charge in [-0.25, -0.2) is 0 Å². The number of rotatable bonds is 7. The molecular formula is C23H25N3O3S. The number of nitrogens with zero attached hydrogens (tertiary/aromatic N) is 1. The van der Waals surface area contributed by atoms with Crippen LogP contribution in [-0.4, -0.2) is 34.9 Å². The van der Waals surface area contributed by atoms with Gasteiger partial charge in [-0.2, -0.15) is 0 Å². The summed E-state index contributed by atoms with van der Waals surface area (Å²) in [5.41, 5.74) is 3.19. The van der Waals surface area contributed by atoms with Gasteiger partial charge in [-0.15, -0.1) is 0 Å². The molecule has 1 atom stereocenters. The fourth-order valence-electron chi connectivity index (χ4n) is 3.49. The predicted octanol–water partition coefficient (Wildman–Crippen LogP) is 3.82. The average molecular weight is 424 g/mol. The molecule has 0 saturated carbocycles. The molecule has 1 heterocycles. The van der Waals surface area contributed by atoms with Gasteiger partial charge in [0.25, 0.3) is 5.91 Å². The Bertz CT molecular complexity index is 971. The van der Waals surface area contributed by atoms with Crippen molar-refractivity contribution in [2.45, 2.75) is 26.8 Å². The molecule has 3 rings (SSSR count). The number of carbonyl (C=O) groups is 2. The Morgan fingerprint density at radius 1 is 1.13 bits per heavy atom. The summed E-state index contributed by atoms with van der Waals surface area (Å²) in [5.74, 6) is 0.339. The monoisotopic (exact) mass is 423 g/mol. The number of Topliss-reactive ketones (excluding diaryl/α,β-unsaturated/α-hetero) is 1. The van der Waals surface area contributed by atoms with Crippen molar-refractivity contribution in [1.29, 1.82) is 0 Å².